The van der Waals surface area contributed by atoms with E-state index in [1.165, 1.54) is 12.5 Å². The van der Waals surface area contributed by atoms with E-state index in [9.17, 15) is 9.59 Å². The van der Waals surface area contributed by atoms with Crippen LogP contribution in [0.1, 0.15) is 42.6 Å². The molecular formula is C26H27N5O4. The minimum absolute atomic E-state index is 0.285. The molecule has 0 aliphatic rings. The first-order valence-electron chi connectivity index (χ1n) is 11.6. The van der Waals surface area contributed by atoms with Gasteiger partial charge in [0, 0.05) is 24.8 Å². The fourth-order valence-corrected chi connectivity index (χ4v) is 3.83. The number of aromatic amines is 1. The van der Waals surface area contributed by atoms with Crippen LogP contribution in [0.15, 0.2) is 70.4 Å². The lowest BCUT2D eigenvalue weighted by Crippen LogP contribution is -2.27. The average Bonchev–Trinajstić information content (AvgIpc) is 3.33. The number of aromatic nitrogens is 4. The largest absolute Gasteiger partial charge is 0.462 e. The zero-order valence-corrected chi connectivity index (χ0v) is 19.7. The van der Waals surface area contributed by atoms with E-state index in [1.807, 2.05) is 48.5 Å². The molecule has 0 aliphatic heterocycles. The Hall–Kier alpha value is -4.27. The van der Waals surface area contributed by atoms with Gasteiger partial charge in [-0.1, -0.05) is 61.9 Å². The fourth-order valence-electron chi connectivity index (χ4n) is 3.83. The number of unbranched alkanes of at least 4 members (excludes halogenated alkanes) is 1. The highest BCUT2D eigenvalue weighted by molar-refractivity contribution is 5.94. The third kappa shape index (κ3) is 5.63. The molecular weight excluding hydrogens is 446 g/mol. The van der Waals surface area contributed by atoms with Crippen LogP contribution >= 0.6 is 0 Å². The molecule has 0 atom stereocenters. The lowest BCUT2D eigenvalue weighted by atomic mass is 9.98. The zero-order valence-electron chi connectivity index (χ0n) is 19.7. The molecule has 9 heteroatoms. The first kappa shape index (κ1) is 23.9. The monoisotopic (exact) mass is 473 g/mol. The number of hydrogen-bond donors (Lipinski definition) is 1. The Bertz CT molecular complexity index is 1330. The molecule has 2 aromatic heterocycles. The minimum Gasteiger partial charge on any atom is -0.462 e. The molecule has 9 nitrogen and oxygen atoms in total. The van der Waals surface area contributed by atoms with E-state index >= 15 is 0 Å². The number of esters is 1. The van der Waals surface area contributed by atoms with Gasteiger partial charge < -0.3 is 14.2 Å². The van der Waals surface area contributed by atoms with Gasteiger partial charge in [0.1, 0.15) is 17.7 Å². The highest BCUT2D eigenvalue weighted by Gasteiger charge is 2.20. The Balaban J connectivity index is 1.61. The van der Waals surface area contributed by atoms with Crippen LogP contribution in [0, 0.1) is 0 Å². The molecule has 0 fully saturated rings. The van der Waals surface area contributed by atoms with Crippen LogP contribution in [0.25, 0.3) is 22.5 Å². The maximum atomic E-state index is 12.5. The molecule has 0 bridgehead atoms. The lowest BCUT2D eigenvalue weighted by Gasteiger charge is -2.25. The summed E-state index contributed by atoms with van der Waals surface area (Å²) in [5, 5.41) is 2.58. The number of H-pyrrole nitrogens is 1. The van der Waals surface area contributed by atoms with Crippen LogP contribution in [-0.4, -0.2) is 39.2 Å². The van der Waals surface area contributed by atoms with Crippen LogP contribution in [-0.2, 0) is 11.3 Å². The van der Waals surface area contributed by atoms with Crippen molar-refractivity contribution in [1.29, 1.82) is 0 Å². The van der Waals surface area contributed by atoms with E-state index in [2.05, 4.69) is 31.9 Å². The van der Waals surface area contributed by atoms with E-state index in [1.54, 1.807) is 6.92 Å². The van der Waals surface area contributed by atoms with Crippen molar-refractivity contribution in [2.24, 2.45) is 0 Å². The van der Waals surface area contributed by atoms with Crippen LogP contribution in [0.2, 0.25) is 0 Å². The molecule has 0 aliphatic carbocycles. The summed E-state index contributed by atoms with van der Waals surface area (Å²) < 4.78 is 9.96. The number of carbonyl (C=O) groups excluding carboxylic acids is 1. The Kier molecular flexibility index (Phi) is 7.67. The SMILES string of the molecule is CCCCN(Cc1ccc(-c2ccccc2-c2nc(=O)o[nH]2)cc1)c1ncncc1C(=O)OCC. The van der Waals surface area contributed by atoms with Crippen molar-refractivity contribution in [3.8, 4) is 22.5 Å². The number of nitrogens with one attached hydrogen (secondary N) is 1. The summed E-state index contributed by atoms with van der Waals surface area (Å²) >= 11 is 0. The predicted molar refractivity (Wildman–Crippen MR) is 132 cm³/mol. The van der Waals surface area contributed by atoms with Crippen molar-refractivity contribution in [1.82, 2.24) is 20.1 Å². The summed E-state index contributed by atoms with van der Waals surface area (Å²) in [5.41, 5.74) is 4.09. The molecule has 0 saturated carbocycles. The number of hydrogen-bond acceptors (Lipinski definition) is 8. The van der Waals surface area contributed by atoms with Gasteiger partial charge in [-0.15, -0.1) is 0 Å². The Morgan fingerprint density at radius 1 is 1.09 bits per heavy atom. The summed E-state index contributed by atoms with van der Waals surface area (Å²) in [4.78, 5) is 38.3. The normalized spacial score (nSPS) is 10.8. The van der Waals surface area contributed by atoms with Crippen LogP contribution in [0.3, 0.4) is 0 Å². The second-order valence-corrected chi connectivity index (χ2v) is 7.93. The van der Waals surface area contributed by atoms with Crippen molar-refractivity contribution in [2.75, 3.05) is 18.1 Å². The Labute approximate surface area is 202 Å². The smallest absolute Gasteiger partial charge is 0.460 e. The summed E-state index contributed by atoms with van der Waals surface area (Å²) in [7, 11) is 0. The molecule has 4 rings (SSSR count). The lowest BCUT2D eigenvalue weighted by molar-refractivity contribution is 0.0526. The molecule has 2 heterocycles. The minimum atomic E-state index is -0.663. The number of nitrogens with zero attached hydrogens (tertiary/aromatic N) is 4. The molecule has 1 N–H and O–H groups in total. The quantitative estimate of drug-likeness (QED) is 0.336. The van der Waals surface area contributed by atoms with E-state index in [-0.39, 0.29) is 6.61 Å². The maximum Gasteiger partial charge on any atom is 0.460 e. The molecule has 0 radical (unpaired) electrons. The average molecular weight is 474 g/mol. The molecule has 2 aromatic carbocycles. The second-order valence-electron chi connectivity index (χ2n) is 7.93. The van der Waals surface area contributed by atoms with Gasteiger partial charge in [0.25, 0.3) is 0 Å². The van der Waals surface area contributed by atoms with Gasteiger partial charge in [-0.25, -0.2) is 19.6 Å². The van der Waals surface area contributed by atoms with E-state index < -0.39 is 11.7 Å². The number of benzene rings is 2. The molecule has 0 amide bonds. The van der Waals surface area contributed by atoms with Crippen molar-refractivity contribution in [2.45, 2.75) is 33.2 Å². The number of carbonyl (C=O) groups is 1. The first-order chi connectivity index (χ1) is 17.1. The third-order valence-corrected chi connectivity index (χ3v) is 5.53. The van der Waals surface area contributed by atoms with Crippen LogP contribution in [0.4, 0.5) is 5.82 Å². The standard InChI is InChI=1S/C26H27N5O4/c1-3-5-14-31(24-22(15-27-17-28-24)25(32)34-4-2)16-18-10-12-19(13-11-18)20-8-6-7-9-21(20)23-29-26(33)35-30-23/h6-13,15,17H,3-5,14,16H2,1-2H3,(H,29,30,33). The van der Waals surface area contributed by atoms with Gasteiger partial charge >= 0.3 is 11.7 Å². The van der Waals surface area contributed by atoms with Gasteiger partial charge in [-0.2, -0.15) is 10.1 Å². The van der Waals surface area contributed by atoms with E-state index in [0.29, 0.717) is 23.8 Å². The van der Waals surface area contributed by atoms with E-state index in [4.69, 9.17) is 9.26 Å². The fraction of sp³-hybridized carbons (Fsp3) is 0.269. The van der Waals surface area contributed by atoms with Gasteiger partial charge in [-0.05, 0) is 30.0 Å². The third-order valence-electron chi connectivity index (χ3n) is 5.53. The molecule has 0 spiro atoms. The Morgan fingerprint density at radius 3 is 2.54 bits per heavy atom. The summed E-state index contributed by atoms with van der Waals surface area (Å²) in [6, 6.07) is 15.8. The molecule has 180 valence electrons. The number of ether oxygens (including phenoxy) is 1. The number of anilines is 1. The number of rotatable bonds is 10. The summed E-state index contributed by atoms with van der Waals surface area (Å²) in [6.45, 7) is 5.49. The highest BCUT2D eigenvalue weighted by atomic mass is 16.5. The summed E-state index contributed by atoms with van der Waals surface area (Å²) in [6.07, 6.45) is 4.92. The molecule has 0 saturated heterocycles. The highest BCUT2D eigenvalue weighted by Crippen LogP contribution is 2.30. The zero-order chi connectivity index (χ0) is 24.6. The van der Waals surface area contributed by atoms with Gasteiger partial charge in [-0.3, -0.25) is 0 Å². The summed E-state index contributed by atoms with van der Waals surface area (Å²) in [5.74, 6) is -0.140. The van der Waals surface area contributed by atoms with Crippen LogP contribution < -0.4 is 10.7 Å². The second kappa shape index (κ2) is 11.2. The van der Waals surface area contributed by atoms with Gasteiger partial charge in [0.15, 0.2) is 5.82 Å². The van der Waals surface area contributed by atoms with Crippen LogP contribution in [0.5, 0.6) is 0 Å². The van der Waals surface area contributed by atoms with Crippen molar-refractivity contribution >= 4 is 11.8 Å². The van der Waals surface area contributed by atoms with E-state index in [0.717, 1.165) is 41.6 Å². The van der Waals surface area contributed by atoms with Crippen molar-refractivity contribution < 1.29 is 14.1 Å². The maximum absolute atomic E-state index is 12.5. The topological polar surface area (TPSA) is 114 Å². The van der Waals surface area contributed by atoms with Crippen molar-refractivity contribution in [3.63, 3.8) is 0 Å². The molecule has 4 aromatic rings. The molecule has 0 unspecified atom stereocenters. The van der Waals surface area contributed by atoms with Crippen molar-refractivity contribution in [3.05, 3.63) is 82.7 Å². The molecule has 35 heavy (non-hydrogen) atoms. The Morgan fingerprint density at radius 2 is 1.86 bits per heavy atom. The predicted octanol–water partition coefficient (Wildman–Crippen LogP) is 4.47. The van der Waals surface area contributed by atoms with Gasteiger partial charge in [0.2, 0.25) is 0 Å². The first-order valence-corrected chi connectivity index (χ1v) is 11.6. The van der Waals surface area contributed by atoms with Gasteiger partial charge in [0.05, 0.1) is 6.61 Å².